The van der Waals surface area contributed by atoms with Gasteiger partial charge < -0.3 is 4.90 Å². The van der Waals surface area contributed by atoms with Crippen LogP contribution in [0.1, 0.15) is 37.5 Å². The highest BCUT2D eigenvalue weighted by atomic mass is 15.1. The number of hydrogen-bond acceptors (Lipinski definition) is 1. The van der Waals surface area contributed by atoms with Crippen LogP contribution in [0, 0.1) is 0 Å². The van der Waals surface area contributed by atoms with Gasteiger partial charge >= 0.3 is 0 Å². The van der Waals surface area contributed by atoms with E-state index in [9.17, 15) is 0 Å². The van der Waals surface area contributed by atoms with Gasteiger partial charge in [-0.2, -0.15) is 0 Å². The SMILES string of the molecule is C=CC1=C(/C=C\C)c2ccc(N(/C=C/c3ccccc3)c3ccccc3)cc2C1(C)C. The predicted molar refractivity (Wildman–Crippen MR) is 135 cm³/mol. The first-order valence-corrected chi connectivity index (χ1v) is 10.8. The van der Waals surface area contributed by atoms with Gasteiger partial charge in [-0.05, 0) is 65.1 Å². The van der Waals surface area contributed by atoms with Crippen LogP contribution >= 0.6 is 0 Å². The van der Waals surface area contributed by atoms with Crippen molar-refractivity contribution in [3.8, 4) is 0 Å². The quantitative estimate of drug-likeness (QED) is 0.400. The Labute approximate surface area is 186 Å². The van der Waals surface area contributed by atoms with Crippen LogP contribution in [0.2, 0.25) is 0 Å². The van der Waals surface area contributed by atoms with E-state index in [1.165, 1.54) is 27.8 Å². The van der Waals surface area contributed by atoms with Gasteiger partial charge in [0.05, 0.1) is 0 Å². The van der Waals surface area contributed by atoms with Gasteiger partial charge in [-0.15, -0.1) is 0 Å². The van der Waals surface area contributed by atoms with Crippen molar-refractivity contribution in [1.29, 1.82) is 0 Å². The van der Waals surface area contributed by atoms with Crippen LogP contribution in [0.3, 0.4) is 0 Å². The smallest absolute Gasteiger partial charge is 0.0458 e. The van der Waals surface area contributed by atoms with E-state index in [0.717, 1.165) is 11.4 Å². The van der Waals surface area contributed by atoms with Crippen molar-refractivity contribution in [1.82, 2.24) is 0 Å². The molecule has 0 saturated heterocycles. The summed E-state index contributed by atoms with van der Waals surface area (Å²) in [6.07, 6.45) is 10.6. The lowest BCUT2D eigenvalue weighted by molar-refractivity contribution is 0.654. The largest absolute Gasteiger partial charge is 0.317 e. The lowest BCUT2D eigenvalue weighted by Crippen LogP contribution is -2.17. The molecule has 0 spiro atoms. The molecule has 31 heavy (non-hydrogen) atoms. The molecule has 0 bridgehead atoms. The maximum atomic E-state index is 4.11. The lowest BCUT2D eigenvalue weighted by Gasteiger charge is -2.26. The number of para-hydroxylation sites is 1. The van der Waals surface area contributed by atoms with Crippen LogP contribution in [-0.4, -0.2) is 0 Å². The van der Waals surface area contributed by atoms with E-state index in [0.29, 0.717) is 0 Å². The zero-order valence-electron chi connectivity index (χ0n) is 18.5. The molecule has 0 fully saturated rings. The average Bonchev–Trinajstić information content (AvgIpc) is 3.01. The number of fused-ring (bicyclic) bond motifs is 1. The van der Waals surface area contributed by atoms with Crippen LogP contribution in [0.5, 0.6) is 0 Å². The Morgan fingerprint density at radius 1 is 0.806 bits per heavy atom. The number of nitrogens with zero attached hydrogens (tertiary/aromatic N) is 1. The minimum atomic E-state index is -0.0898. The summed E-state index contributed by atoms with van der Waals surface area (Å²) in [7, 11) is 0. The van der Waals surface area contributed by atoms with E-state index >= 15 is 0 Å². The lowest BCUT2D eigenvalue weighted by atomic mass is 9.81. The molecule has 154 valence electrons. The Balaban J connectivity index is 1.82. The minimum Gasteiger partial charge on any atom is -0.317 e. The molecular formula is C30H29N. The third kappa shape index (κ3) is 3.92. The number of anilines is 2. The Morgan fingerprint density at radius 2 is 1.48 bits per heavy atom. The highest BCUT2D eigenvalue weighted by molar-refractivity contribution is 5.89. The molecule has 0 atom stereocenters. The summed E-state index contributed by atoms with van der Waals surface area (Å²) >= 11 is 0. The molecule has 3 aromatic carbocycles. The molecule has 0 saturated carbocycles. The predicted octanol–water partition coefficient (Wildman–Crippen LogP) is 8.30. The van der Waals surface area contributed by atoms with Gasteiger partial charge in [0.1, 0.15) is 0 Å². The van der Waals surface area contributed by atoms with Crippen molar-refractivity contribution in [2.45, 2.75) is 26.2 Å². The van der Waals surface area contributed by atoms with Gasteiger partial charge in [-0.25, -0.2) is 0 Å². The molecular weight excluding hydrogens is 374 g/mol. The number of allylic oxidation sites excluding steroid dienone is 5. The van der Waals surface area contributed by atoms with E-state index in [1.54, 1.807) is 0 Å². The molecule has 0 heterocycles. The van der Waals surface area contributed by atoms with Crippen molar-refractivity contribution in [2.75, 3.05) is 4.90 Å². The van der Waals surface area contributed by atoms with Crippen LogP contribution < -0.4 is 4.90 Å². The minimum absolute atomic E-state index is 0.0898. The molecule has 0 radical (unpaired) electrons. The first-order chi connectivity index (χ1) is 15.1. The normalized spacial score (nSPS) is 14.9. The fourth-order valence-corrected chi connectivity index (χ4v) is 4.41. The van der Waals surface area contributed by atoms with E-state index in [-0.39, 0.29) is 5.41 Å². The fourth-order valence-electron chi connectivity index (χ4n) is 4.41. The second kappa shape index (κ2) is 8.65. The zero-order valence-corrected chi connectivity index (χ0v) is 18.5. The standard InChI is InChI=1S/C30H29N/c1-5-13-26-27-19-18-25(22-29(27)30(3,4)28(26)6-2)31(24-16-11-8-12-17-24)21-20-23-14-9-7-10-15-23/h5-22H,2H2,1,3-4H3/b13-5-,21-20+. The molecule has 1 aliphatic rings. The summed E-state index contributed by atoms with van der Waals surface area (Å²) in [5, 5.41) is 0. The Kier molecular flexibility index (Phi) is 5.77. The average molecular weight is 404 g/mol. The van der Waals surface area contributed by atoms with Gasteiger partial charge in [0.15, 0.2) is 0 Å². The summed E-state index contributed by atoms with van der Waals surface area (Å²) in [6.45, 7) is 10.8. The molecule has 4 rings (SSSR count). The van der Waals surface area contributed by atoms with Crippen molar-refractivity contribution in [3.05, 3.63) is 132 Å². The first kappa shape index (κ1) is 20.7. The molecule has 0 aromatic heterocycles. The molecule has 1 heteroatoms. The van der Waals surface area contributed by atoms with Crippen LogP contribution in [0.25, 0.3) is 11.6 Å². The summed E-state index contributed by atoms with van der Waals surface area (Å²) in [5.41, 5.74) is 8.55. The molecule has 3 aromatic rings. The molecule has 1 aliphatic carbocycles. The van der Waals surface area contributed by atoms with Crippen LogP contribution in [0.15, 0.2) is 115 Å². The molecule has 0 amide bonds. The van der Waals surface area contributed by atoms with Gasteiger partial charge in [0.25, 0.3) is 0 Å². The van der Waals surface area contributed by atoms with E-state index < -0.39 is 0 Å². The van der Waals surface area contributed by atoms with Gasteiger partial charge in [-0.1, -0.05) is 93.3 Å². The van der Waals surface area contributed by atoms with E-state index in [4.69, 9.17) is 0 Å². The molecule has 1 nitrogen and oxygen atoms in total. The van der Waals surface area contributed by atoms with Gasteiger partial charge in [0, 0.05) is 23.0 Å². The monoisotopic (exact) mass is 403 g/mol. The summed E-state index contributed by atoms with van der Waals surface area (Å²) in [6, 6.07) is 27.7. The topological polar surface area (TPSA) is 3.24 Å². The third-order valence-corrected chi connectivity index (χ3v) is 6.00. The number of rotatable bonds is 6. The van der Waals surface area contributed by atoms with Crippen molar-refractivity contribution in [3.63, 3.8) is 0 Å². The fraction of sp³-hybridized carbons (Fsp3) is 0.133. The maximum Gasteiger partial charge on any atom is 0.0458 e. The molecule has 0 aliphatic heterocycles. The summed E-state index contributed by atoms with van der Waals surface area (Å²) in [5.74, 6) is 0. The maximum absolute atomic E-state index is 4.11. The van der Waals surface area contributed by atoms with Gasteiger partial charge in [-0.3, -0.25) is 0 Å². The molecule has 0 unspecified atom stereocenters. The first-order valence-electron chi connectivity index (χ1n) is 10.8. The summed E-state index contributed by atoms with van der Waals surface area (Å²) in [4.78, 5) is 2.25. The zero-order chi connectivity index (χ0) is 21.8. The third-order valence-electron chi connectivity index (χ3n) is 6.00. The second-order valence-corrected chi connectivity index (χ2v) is 8.32. The highest BCUT2D eigenvalue weighted by Crippen LogP contribution is 2.48. The number of hydrogen-bond donors (Lipinski definition) is 0. The van der Waals surface area contributed by atoms with Crippen LogP contribution in [0.4, 0.5) is 11.4 Å². The van der Waals surface area contributed by atoms with E-state index in [1.807, 2.05) is 12.1 Å². The Bertz CT molecular complexity index is 1160. The van der Waals surface area contributed by atoms with Crippen molar-refractivity contribution >= 4 is 23.0 Å². The van der Waals surface area contributed by atoms with Crippen molar-refractivity contribution in [2.24, 2.45) is 0 Å². The summed E-state index contributed by atoms with van der Waals surface area (Å²) < 4.78 is 0. The Morgan fingerprint density at radius 3 is 2.13 bits per heavy atom. The van der Waals surface area contributed by atoms with Gasteiger partial charge in [0.2, 0.25) is 0 Å². The molecule has 0 N–H and O–H groups in total. The highest BCUT2D eigenvalue weighted by Gasteiger charge is 2.35. The number of benzene rings is 3. The van der Waals surface area contributed by atoms with Crippen molar-refractivity contribution < 1.29 is 0 Å². The Hall–Kier alpha value is -3.58. The second-order valence-electron chi connectivity index (χ2n) is 8.32. The van der Waals surface area contributed by atoms with Crippen LogP contribution in [-0.2, 0) is 5.41 Å². The van der Waals surface area contributed by atoms with E-state index in [2.05, 4.69) is 129 Å².